The van der Waals surface area contributed by atoms with Gasteiger partial charge in [-0.2, -0.15) is 17.2 Å². The second kappa shape index (κ2) is 7.87. The van der Waals surface area contributed by atoms with Crippen LogP contribution in [0.3, 0.4) is 0 Å². The maximum absolute atomic E-state index is 12.6. The molecule has 0 bridgehead atoms. The first kappa shape index (κ1) is 17.6. The summed E-state index contributed by atoms with van der Waals surface area (Å²) in [4.78, 5) is 0. The highest BCUT2D eigenvalue weighted by molar-refractivity contribution is 7.86. The molecule has 0 aliphatic heterocycles. The molecule has 110 valence electrons. The van der Waals surface area contributed by atoms with Crippen LogP contribution in [0.25, 0.3) is 0 Å². The molecule has 0 aliphatic rings. The van der Waals surface area contributed by atoms with E-state index in [1.165, 1.54) is 0 Å². The van der Waals surface area contributed by atoms with Crippen LogP contribution in [0, 0.1) is 0 Å². The van der Waals surface area contributed by atoms with Gasteiger partial charge in [-0.05, 0) is 12.8 Å². The highest BCUT2D eigenvalue weighted by atomic mass is 32.2. The molecule has 0 spiro atoms. The molecule has 18 heavy (non-hydrogen) atoms. The van der Waals surface area contributed by atoms with Crippen molar-refractivity contribution in [2.75, 3.05) is 26.4 Å². The first-order chi connectivity index (χ1) is 8.17. The topological polar surface area (TPSA) is 72.8 Å². The second-order valence-electron chi connectivity index (χ2n) is 3.34. The fraction of sp³-hybridized carbons (Fsp3) is 1.00. The Morgan fingerprint density at radius 3 is 2.06 bits per heavy atom. The Hall–Kier alpha value is -0.450. The molecule has 0 aliphatic carbocycles. The fourth-order valence-corrected chi connectivity index (χ4v) is 1.08. The van der Waals surface area contributed by atoms with Crippen molar-refractivity contribution >= 4 is 10.1 Å². The maximum atomic E-state index is 12.6. The van der Waals surface area contributed by atoms with Crippen LogP contribution in [0.15, 0.2) is 0 Å². The van der Waals surface area contributed by atoms with E-state index in [1.54, 1.807) is 0 Å². The van der Waals surface area contributed by atoms with E-state index >= 15 is 0 Å². The van der Waals surface area contributed by atoms with Crippen molar-refractivity contribution in [2.24, 2.45) is 0 Å². The average molecular weight is 298 g/mol. The third kappa shape index (κ3) is 7.80. The van der Waals surface area contributed by atoms with E-state index < -0.39 is 35.0 Å². The Kier molecular flexibility index (Phi) is 7.67. The molecule has 0 aromatic carbocycles. The van der Waals surface area contributed by atoms with Crippen LogP contribution < -0.4 is 0 Å². The number of unbranched alkanes of at least 4 members (excludes halogenated alkanes) is 1. The summed E-state index contributed by atoms with van der Waals surface area (Å²) in [6, 6.07) is 0. The van der Waals surface area contributed by atoms with Gasteiger partial charge in [0.25, 0.3) is 6.43 Å². The molecule has 0 unspecified atom stereocenters. The predicted octanol–water partition coefficient (Wildman–Crippen LogP) is 1.55. The van der Waals surface area contributed by atoms with Crippen LogP contribution in [0.1, 0.15) is 12.8 Å². The molecular weight excluding hydrogens is 284 g/mol. The summed E-state index contributed by atoms with van der Waals surface area (Å²) in [5.41, 5.74) is 0. The van der Waals surface area contributed by atoms with Crippen molar-refractivity contribution in [3.05, 3.63) is 0 Å². The van der Waals surface area contributed by atoms with Crippen molar-refractivity contribution in [3.8, 4) is 0 Å². The van der Waals surface area contributed by atoms with E-state index in [2.05, 4.69) is 9.47 Å². The van der Waals surface area contributed by atoms with E-state index in [0.29, 0.717) is 6.42 Å². The van der Waals surface area contributed by atoms with Gasteiger partial charge in [0.15, 0.2) is 0 Å². The van der Waals surface area contributed by atoms with Crippen LogP contribution >= 0.6 is 0 Å². The molecule has 0 radical (unpaired) electrons. The maximum Gasteiger partial charge on any atom is 0.392 e. The monoisotopic (exact) mass is 298 g/mol. The lowest BCUT2D eigenvalue weighted by atomic mass is 10.3. The SMILES string of the molecule is O=S(=O)(O)C(F)(F)COCCCCOCC(F)F. The van der Waals surface area contributed by atoms with Gasteiger partial charge in [0.2, 0.25) is 0 Å². The summed E-state index contributed by atoms with van der Waals surface area (Å²) < 4.78 is 85.6. The summed E-state index contributed by atoms with van der Waals surface area (Å²) in [5, 5.41) is -4.35. The van der Waals surface area contributed by atoms with Crippen molar-refractivity contribution in [1.29, 1.82) is 0 Å². The third-order valence-electron chi connectivity index (χ3n) is 1.72. The van der Waals surface area contributed by atoms with Crippen LogP contribution in [0.2, 0.25) is 0 Å². The van der Waals surface area contributed by atoms with Crippen LogP contribution in [0.5, 0.6) is 0 Å². The predicted molar refractivity (Wildman–Crippen MR) is 53.4 cm³/mol. The highest BCUT2D eigenvalue weighted by Gasteiger charge is 2.44. The van der Waals surface area contributed by atoms with Gasteiger partial charge < -0.3 is 9.47 Å². The van der Waals surface area contributed by atoms with E-state index in [-0.39, 0.29) is 19.6 Å². The Balaban J connectivity index is 3.52. The first-order valence-electron chi connectivity index (χ1n) is 4.95. The zero-order valence-electron chi connectivity index (χ0n) is 9.32. The summed E-state index contributed by atoms with van der Waals surface area (Å²) in [5.74, 6) is 0. The van der Waals surface area contributed by atoms with Gasteiger partial charge in [-0.25, -0.2) is 8.78 Å². The second-order valence-corrected chi connectivity index (χ2v) is 4.89. The van der Waals surface area contributed by atoms with Crippen LogP contribution in [-0.4, -0.2) is 51.1 Å². The Labute approximate surface area is 102 Å². The third-order valence-corrected chi connectivity index (χ3v) is 2.59. The van der Waals surface area contributed by atoms with Gasteiger partial charge in [0.05, 0.1) is 0 Å². The number of rotatable bonds is 10. The molecule has 1 N–H and O–H groups in total. The smallest absolute Gasteiger partial charge is 0.376 e. The molecular formula is C8H14F4O5S. The fourth-order valence-electron chi connectivity index (χ4n) is 0.846. The normalized spacial score (nSPS) is 13.2. The molecule has 0 saturated carbocycles. The Bertz CT molecular complexity index is 319. The zero-order valence-corrected chi connectivity index (χ0v) is 10.1. The standard InChI is InChI=1S/C8H14F4O5S/c9-7(10)5-16-3-1-2-4-17-6-8(11,12)18(13,14)15/h7H,1-6H2,(H,13,14,15). The lowest BCUT2D eigenvalue weighted by Crippen LogP contribution is -2.33. The number of alkyl halides is 4. The highest BCUT2D eigenvalue weighted by Crippen LogP contribution is 2.20. The molecule has 0 atom stereocenters. The molecule has 0 fully saturated rings. The van der Waals surface area contributed by atoms with Crippen molar-refractivity contribution in [2.45, 2.75) is 24.5 Å². The van der Waals surface area contributed by atoms with E-state index in [0.717, 1.165) is 0 Å². The average Bonchev–Trinajstić information content (AvgIpc) is 2.19. The van der Waals surface area contributed by atoms with E-state index in [4.69, 9.17) is 4.55 Å². The molecule has 0 amide bonds. The van der Waals surface area contributed by atoms with Gasteiger partial charge in [0, 0.05) is 13.2 Å². The van der Waals surface area contributed by atoms with Crippen molar-refractivity contribution in [1.82, 2.24) is 0 Å². The number of hydrogen-bond donors (Lipinski definition) is 1. The Morgan fingerprint density at radius 2 is 1.61 bits per heavy atom. The van der Waals surface area contributed by atoms with Gasteiger partial charge >= 0.3 is 15.4 Å². The quantitative estimate of drug-likeness (QED) is 0.376. The molecule has 0 aromatic rings. The molecule has 0 saturated heterocycles. The molecule has 10 heteroatoms. The van der Waals surface area contributed by atoms with Crippen LogP contribution in [0.4, 0.5) is 17.6 Å². The molecule has 0 rings (SSSR count). The largest absolute Gasteiger partial charge is 0.392 e. The minimum atomic E-state index is -5.48. The van der Waals surface area contributed by atoms with Gasteiger partial charge in [0.1, 0.15) is 13.2 Å². The van der Waals surface area contributed by atoms with Gasteiger partial charge in [-0.1, -0.05) is 0 Å². The molecule has 0 aromatic heterocycles. The minimum absolute atomic E-state index is 0.0302. The van der Waals surface area contributed by atoms with E-state index in [1.807, 2.05) is 0 Å². The summed E-state index contributed by atoms with van der Waals surface area (Å²) >= 11 is 0. The first-order valence-corrected chi connectivity index (χ1v) is 6.39. The molecule has 0 heterocycles. The zero-order chi connectivity index (χ0) is 14.2. The minimum Gasteiger partial charge on any atom is -0.376 e. The van der Waals surface area contributed by atoms with Crippen molar-refractivity contribution < 1.29 is 40.0 Å². The lowest BCUT2D eigenvalue weighted by Gasteiger charge is -2.12. The summed E-state index contributed by atoms with van der Waals surface area (Å²) in [7, 11) is -5.48. The molecule has 5 nitrogen and oxygen atoms in total. The number of ether oxygens (including phenoxy) is 2. The summed E-state index contributed by atoms with van der Waals surface area (Å²) in [6.45, 7) is -2.31. The summed E-state index contributed by atoms with van der Waals surface area (Å²) in [6.07, 6.45) is -2.01. The Morgan fingerprint density at radius 1 is 1.11 bits per heavy atom. The van der Waals surface area contributed by atoms with Gasteiger partial charge in [-0.3, -0.25) is 4.55 Å². The van der Waals surface area contributed by atoms with Crippen molar-refractivity contribution in [3.63, 3.8) is 0 Å². The lowest BCUT2D eigenvalue weighted by molar-refractivity contribution is -0.0239. The van der Waals surface area contributed by atoms with Gasteiger partial charge in [-0.15, -0.1) is 0 Å². The number of hydrogen-bond acceptors (Lipinski definition) is 4. The van der Waals surface area contributed by atoms with E-state index in [9.17, 15) is 26.0 Å². The number of halogens is 4. The van der Waals surface area contributed by atoms with Crippen LogP contribution in [-0.2, 0) is 19.6 Å².